The van der Waals surface area contributed by atoms with Crippen molar-refractivity contribution in [1.29, 1.82) is 0 Å². The predicted molar refractivity (Wildman–Crippen MR) is 63.2 cm³/mol. The molecule has 98 valence electrons. The number of rotatable bonds is 1. The molecular weight excluding hydrogens is 222 g/mol. The Morgan fingerprint density at radius 3 is 2.53 bits per heavy atom. The van der Waals surface area contributed by atoms with E-state index in [4.69, 9.17) is 0 Å². The number of halogens is 2. The van der Waals surface area contributed by atoms with Gasteiger partial charge in [0.1, 0.15) is 0 Å². The number of hydrogen-bond donors (Lipinski definition) is 2. The van der Waals surface area contributed by atoms with Crippen LogP contribution in [-0.4, -0.2) is 32.1 Å². The molecule has 3 aliphatic rings. The van der Waals surface area contributed by atoms with Crippen LogP contribution in [0.3, 0.4) is 0 Å². The van der Waals surface area contributed by atoms with Crippen LogP contribution in [-0.2, 0) is 0 Å². The maximum Gasteiger partial charge on any atom is 0.259 e. The third-order valence-corrected chi connectivity index (χ3v) is 5.08. The standard InChI is InChI=1S/C13H22F2N2/c14-13(15)11(10-3-1-6-16-8-4-10)12(13)5-2-7-17-9-12/h10-11,16-17H,1-9H2. The fourth-order valence-corrected chi connectivity index (χ4v) is 4.15. The third-order valence-electron chi connectivity index (χ3n) is 5.08. The Balaban J connectivity index is 1.74. The molecule has 1 saturated carbocycles. The van der Waals surface area contributed by atoms with Crippen LogP contribution in [0, 0.1) is 17.3 Å². The van der Waals surface area contributed by atoms with E-state index >= 15 is 0 Å². The van der Waals surface area contributed by atoms with Gasteiger partial charge < -0.3 is 10.6 Å². The number of hydrogen-bond acceptors (Lipinski definition) is 2. The lowest BCUT2D eigenvalue weighted by molar-refractivity contribution is 0.0441. The molecule has 2 N–H and O–H groups in total. The van der Waals surface area contributed by atoms with Crippen LogP contribution in [0.2, 0.25) is 0 Å². The number of nitrogens with one attached hydrogen (secondary N) is 2. The number of alkyl halides is 2. The monoisotopic (exact) mass is 244 g/mol. The van der Waals surface area contributed by atoms with Crippen molar-refractivity contribution in [1.82, 2.24) is 10.6 Å². The maximum atomic E-state index is 14.2. The molecule has 1 aliphatic carbocycles. The molecule has 17 heavy (non-hydrogen) atoms. The highest BCUT2D eigenvalue weighted by Crippen LogP contribution is 2.72. The Kier molecular flexibility index (Phi) is 2.90. The van der Waals surface area contributed by atoms with Gasteiger partial charge in [-0.1, -0.05) is 0 Å². The second-order valence-corrected chi connectivity index (χ2v) is 5.98. The molecule has 2 heterocycles. The lowest BCUT2D eigenvalue weighted by Gasteiger charge is -2.24. The van der Waals surface area contributed by atoms with Gasteiger partial charge in [0.25, 0.3) is 5.92 Å². The maximum absolute atomic E-state index is 14.2. The molecule has 0 bridgehead atoms. The molecule has 3 fully saturated rings. The quantitative estimate of drug-likeness (QED) is 0.737. The van der Waals surface area contributed by atoms with Gasteiger partial charge in [0.05, 0.1) is 5.41 Å². The minimum absolute atomic E-state index is 0.236. The summed E-state index contributed by atoms with van der Waals surface area (Å²) >= 11 is 0. The average molecular weight is 244 g/mol. The van der Waals surface area contributed by atoms with Crippen molar-refractivity contribution in [2.45, 2.75) is 38.0 Å². The zero-order valence-corrected chi connectivity index (χ0v) is 10.3. The second-order valence-electron chi connectivity index (χ2n) is 5.98. The van der Waals surface area contributed by atoms with Crippen LogP contribution in [0.4, 0.5) is 8.78 Å². The summed E-state index contributed by atoms with van der Waals surface area (Å²) in [6.45, 7) is 3.37. The Morgan fingerprint density at radius 1 is 0.941 bits per heavy atom. The fraction of sp³-hybridized carbons (Fsp3) is 1.00. The van der Waals surface area contributed by atoms with Crippen molar-refractivity contribution in [2.75, 3.05) is 26.2 Å². The minimum Gasteiger partial charge on any atom is -0.317 e. The van der Waals surface area contributed by atoms with Crippen LogP contribution >= 0.6 is 0 Å². The number of piperidine rings is 1. The Morgan fingerprint density at radius 2 is 1.76 bits per heavy atom. The molecule has 2 saturated heterocycles. The van der Waals surface area contributed by atoms with Crippen LogP contribution in [0.1, 0.15) is 32.1 Å². The van der Waals surface area contributed by atoms with Gasteiger partial charge in [-0.2, -0.15) is 0 Å². The highest BCUT2D eigenvalue weighted by atomic mass is 19.3. The molecule has 0 amide bonds. The molecule has 0 radical (unpaired) electrons. The Hall–Kier alpha value is -0.220. The SMILES string of the molecule is FC1(F)C(C2CCCNCC2)C12CCCNC2. The van der Waals surface area contributed by atoms with Crippen LogP contribution < -0.4 is 10.6 Å². The highest BCUT2D eigenvalue weighted by molar-refractivity contribution is 5.21. The summed E-state index contributed by atoms with van der Waals surface area (Å²) in [4.78, 5) is 0. The van der Waals surface area contributed by atoms with Crippen molar-refractivity contribution in [3.8, 4) is 0 Å². The van der Waals surface area contributed by atoms with E-state index in [2.05, 4.69) is 10.6 Å². The molecule has 3 atom stereocenters. The third kappa shape index (κ3) is 1.72. The molecular formula is C13H22F2N2. The van der Waals surface area contributed by atoms with E-state index in [-0.39, 0.29) is 11.8 Å². The van der Waals surface area contributed by atoms with Gasteiger partial charge in [-0.3, -0.25) is 0 Å². The van der Waals surface area contributed by atoms with Gasteiger partial charge in [-0.05, 0) is 57.7 Å². The molecule has 0 aromatic heterocycles. The topological polar surface area (TPSA) is 24.1 Å². The average Bonchev–Trinajstić information content (AvgIpc) is 2.90. The first-order chi connectivity index (χ1) is 8.18. The van der Waals surface area contributed by atoms with E-state index in [0.29, 0.717) is 6.54 Å². The van der Waals surface area contributed by atoms with Gasteiger partial charge in [0.2, 0.25) is 0 Å². The summed E-state index contributed by atoms with van der Waals surface area (Å²) in [6, 6.07) is 0. The molecule has 0 aromatic carbocycles. The molecule has 0 aromatic rings. The summed E-state index contributed by atoms with van der Waals surface area (Å²) in [6.07, 6.45) is 4.61. The Bertz CT molecular complexity index is 279. The van der Waals surface area contributed by atoms with Crippen molar-refractivity contribution in [2.24, 2.45) is 17.3 Å². The smallest absolute Gasteiger partial charge is 0.259 e. The predicted octanol–water partition coefficient (Wildman–Crippen LogP) is 2.01. The van der Waals surface area contributed by atoms with E-state index in [9.17, 15) is 8.78 Å². The van der Waals surface area contributed by atoms with E-state index in [1.807, 2.05) is 0 Å². The van der Waals surface area contributed by atoms with Crippen molar-refractivity contribution < 1.29 is 8.78 Å². The first-order valence-electron chi connectivity index (χ1n) is 6.98. The summed E-state index contributed by atoms with van der Waals surface area (Å²) in [7, 11) is 0. The largest absolute Gasteiger partial charge is 0.317 e. The van der Waals surface area contributed by atoms with Crippen LogP contribution in [0.15, 0.2) is 0 Å². The molecule has 3 rings (SSSR count). The van der Waals surface area contributed by atoms with E-state index in [1.165, 1.54) is 0 Å². The first-order valence-corrected chi connectivity index (χ1v) is 6.98. The fourth-order valence-electron chi connectivity index (χ4n) is 4.15. The van der Waals surface area contributed by atoms with Gasteiger partial charge >= 0.3 is 0 Å². The second kappa shape index (κ2) is 4.16. The summed E-state index contributed by atoms with van der Waals surface area (Å²) < 4.78 is 28.4. The van der Waals surface area contributed by atoms with E-state index in [1.54, 1.807) is 0 Å². The van der Waals surface area contributed by atoms with Gasteiger partial charge in [-0.25, -0.2) is 8.78 Å². The van der Waals surface area contributed by atoms with Crippen LogP contribution in [0.25, 0.3) is 0 Å². The van der Waals surface area contributed by atoms with Gasteiger partial charge in [-0.15, -0.1) is 0 Å². The lowest BCUT2D eigenvalue weighted by Crippen LogP contribution is -2.35. The molecule has 2 nitrogen and oxygen atoms in total. The molecule has 3 unspecified atom stereocenters. The van der Waals surface area contributed by atoms with Crippen LogP contribution in [0.5, 0.6) is 0 Å². The first kappa shape index (κ1) is 11.8. The summed E-state index contributed by atoms with van der Waals surface area (Å²) in [5.74, 6) is -2.52. The zero-order valence-electron chi connectivity index (χ0n) is 10.3. The molecule has 4 heteroatoms. The molecule has 1 spiro atoms. The van der Waals surface area contributed by atoms with Crippen molar-refractivity contribution in [3.63, 3.8) is 0 Å². The van der Waals surface area contributed by atoms with E-state index < -0.39 is 11.3 Å². The van der Waals surface area contributed by atoms with E-state index in [0.717, 1.165) is 51.7 Å². The lowest BCUT2D eigenvalue weighted by atomic mass is 9.85. The normalized spacial score (nSPS) is 45.5. The minimum atomic E-state index is -2.41. The Labute approximate surface area is 102 Å². The van der Waals surface area contributed by atoms with Crippen molar-refractivity contribution >= 4 is 0 Å². The van der Waals surface area contributed by atoms with Gasteiger partial charge in [0, 0.05) is 12.5 Å². The summed E-state index contributed by atoms with van der Waals surface area (Å²) in [5.41, 5.74) is -0.680. The zero-order chi connectivity index (χ0) is 11.9. The molecule has 2 aliphatic heterocycles. The summed E-state index contributed by atoms with van der Waals surface area (Å²) in [5, 5.41) is 6.50. The highest BCUT2D eigenvalue weighted by Gasteiger charge is 2.80. The van der Waals surface area contributed by atoms with Crippen molar-refractivity contribution in [3.05, 3.63) is 0 Å². The van der Waals surface area contributed by atoms with Gasteiger partial charge in [0.15, 0.2) is 0 Å².